The van der Waals surface area contributed by atoms with Crippen molar-refractivity contribution in [2.45, 2.75) is 182 Å². The van der Waals surface area contributed by atoms with Gasteiger partial charge in [-0.3, -0.25) is 23.6 Å². The molecule has 4 rings (SSSR count). The third-order valence-corrected chi connectivity index (χ3v) is 23.5. The van der Waals surface area contributed by atoms with Crippen LogP contribution in [0.5, 0.6) is 0 Å². The van der Waals surface area contributed by atoms with E-state index in [2.05, 4.69) is 111 Å². The van der Waals surface area contributed by atoms with Crippen molar-refractivity contribution in [1.29, 1.82) is 0 Å². The molecular weight excluding hydrogens is 1180 g/mol. The number of rotatable bonds is 13. The predicted molar refractivity (Wildman–Crippen MR) is 305 cm³/mol. The first-order valence-corrected chi connectivity index (χ1v) is 34.1. The topological polar surface area (TPSA) is 170 Å². The zero-order valence-electron chi connectivity index (χ0n) is 48.5. The molecule has 1 N–H and O–H groups in total. The number of likely N-dealkylation sites (tertiary alicyclic amines) is 2. The van der Waals surface area contributed by atoms with Crippen LogP contribution in [0.4, 0.5) is 29.7 Å². The molecule has 2 aliphatic rings. The summed E-state index contributed by atoms with van der Waals surface area (Å²) in [4.78, 5) is 53.5. The maximum atomic E-state index is 13.9. The summed E-state index contributed by atoms with van der Waals surface area (Å²) >= 11 is 6.55. The first-order valence-electron chi connectivity index (χ1n) is 24.9. The van der Waals surface area contributed by atoms with Gasteiger partial charge in [0.05, 0.1) is 42.8 Å². The molecule has 0 aromatic heterocycles. The van der Waals surface area contributed by atoms with Gasteiger partial charge in [0.15, 0.2) is 16.6 Å². The Kier molecular flexibility index (Phi) is 27.5. The summed E-state index contributed by atoms with van der Waals surface area (Å²) < 4.78 is 79.2. The molecule has 2 aromatic carbocycles. The molecule has 15 nitrogen and oxygen atoms in total. The Bertz CT molecular complexity index is 2460. The average Bonchev–Trinajstić information content (AvgIpc) is 3.81. The normalized spacial score (nSPS) is 18.6. The largest absolute Gasteiger partial charge is 1.00 e. The fraction of sp³-hybridized carbons (Fsp3) is 0.623. The third kappa shape index (κ3) is 24.1. The van der Waals surface area contributed by atoms with Crippen molar-refractivity contribution in [1.82, 2.24) is 9.80 Å². The Hall–Kier alpha value is -2.52. The molecular formula is C53H83Br2F2N4NaO11SSi2. The number of hydrogen-bond acceptors (Lipinski definition) is 11. The first kappa shape index (κ1) is 71.5. The van der Waals surface area contributed by atoms with Gasteiger partial charge >= 0.3 is 41.7 Å². The molecule has 4 atom stereocenters. The maximum absolute atomic E-state index is 13.9. The van der Waals surface area contributed by atoms with E-state index in [1.807, 2.05) is 53.7 Å². The molecule has 4 amide bonds. The zero-order valence-corrected chi connectivity index (χ0v) is 56.5. The van der Waals surface area contributed by atoms with Gasteiger partial charge in [0.1, 0.15) is 17.0 Å². The van der Waals surface area contributed by atoms with Crippen LogP contribution < -0.4 is 39.8 Å². The molecule has 424 valence electrons. The second-order valence-electron chi connectivity index (χ2n) is 23.5. The minimum Gasteiger partial charge on any atom is -0.444 e. The number of anilines is 2. The van der Waals surface area contributed by atoms with Crippen molar-refractivity contribution < 1.29 is 88.4 Å². The standard InChI is InChI=1S/C26H40BrFN2O4Si.C19H37NO6SSi.C8H6BrFNO.Na/c1-18(31)29(22-17-19(28)12-13-20(22)27)15-10-11-21-23(34-35(8,9)26(5,6)7)14-16-30(21)24(32)33-25(2,3)4;1-18(2,3)25-17(21)20-13-12-16(26-28(8,9)19(4,5)6)15(20)11-10-14-24-27(7,22)23;1-5(12)11-8-4-6(10)2-3-7(8)9;/h10-13,17,21,23H,14-16H2,1-9H3;10-11,15-16H,12-14H2,1-9H3;2-3H,1H3,(H,11,12);/q;;-1;+1/b2*11-10+;;/t21-,23+;15-,16+;;/m11../s1. The quantitative estimate of drug-likeness (QED) is 0.0876. The number of benzene rings is 2. The molecule has 0 spiro atoms. The molecule has 23 heteroatoms. The number of carbonyl (C=O) groups is 4. The zero-order chi connectivity index (χ0) is 57.9. The van der Waals surface area contributed by atoms with Crippen LogP contribution in [0.15, 0.2) is 63.6 Å². The smallest absolute Gasteiger partial charge is 0.444 e. The van der Waals surface area contributed by atoms with Crippen molar-refractivity contribution in [3.05, 3.63) is 81.3 Å². The molecule has 0 bridgehead atoms. The molecule has 0 radical (unpaired) electrons. The van der Waals surface area contributed by atoms with Crippen LogP contribution >= 0.6 is 31.9 Å². The second kappa shape index (κ2) is 29.3. The monoisotopic (exact) mass is 1260 g/mol. The molecule has 0 saturated carbocycles. The fourth-order valence-electron chi connectivity index (χ4n) is 6.93. The van der Waals surface area contributed by atoms with Gasteiger partial charge in [-0.05, 0) is 125 Å². The summed E-state index contributed by atoms with van der Waals surface area (Å²) in [5.41, 5.74) is -0.434. The average molecular weight is 1260 g/mol. The van der Waals surface area contributed by atoms with Crippen molar-refractivity contribution in [3.8, 4) is 0 Å². The molecule has 2 aliphatic heterocycles. The molecule has 0 unspecified atom stereocenters. The van der Waals surface area contributed by atoms with Crippen LogP contribution in [0.3, 0.4) is 0 Å². The van der Waals surface area contributed by atoms with Gasteiger partial charge in [-0.2, -0.15) is 14.5 Å². The van der Waals surface area contributed by atoms with E-state index in [4.69, 9.17) is 22.5 Å². The first-order chi connectivity index (χ1) is 33.9. The second-order valence-corrected chi connectivity index (χ2v) is 36.4. The van der Waals surface area contributed by atoms with Crippen LogP contribution in [0, 0.1) is 17.7 Å². The van der Waals surface area contributed by atoms with E-state index in [0.29, 0.717) is 46.3 Å². The molecule has 2 heterocycles. The van der Waals surface area contributed by atoms with Crippen molar-refractivity contribution >= 4 is 94.0 Å². The SMILES string of the molecule is CC(=O)N(C/C=C/[C@@H]1[C@@H](O[Si](C)(C)C(C)(C)C)CCN1C(=O)OC(C)(C)C)c1cc(F)ccc1Br.CC(=O)Nc1[c-]c(F)ccc1Br.CC(C)(C)OC(=O)N1CC[C@H](O[Si](C)(C)C(C)(C)C)[C@H]1/C=C/COS(C)(=O)=O.[Na+]. The molecule has 2 saturated heterocycles. The molecule has 2 aromatic rings. The van der Waals surface area contributed by atoms with Gasteiger partial charge in [0, 0.05) is 43.8 Å². The molecule has 0 aliphatic carbocycles. The number of carbonyl (C=O) groups excluding carboxylic acids is 4. The summed E-state index contributed by atoms with van der Waals surface area (Å²) in [6, 6.07) is 8.71. The van der Waals surface area contributed by atoms with Gasteiger partial charge in [-0.1, -0.05) is 76.0 Å². The van der Waals surface area contributed by atoms with E-state index in [1.165, 1.54) is 43.0 Å². The van der Waals surface area contributed by atoms with Crippen LogP contribution in [0.1, 0.15) is 110 Å². The fourth-order valence-corrected chi connectivity index (χ4v) is 10.8. The number of nitrogens with one attached hydrogen (secondary N) is 1. The number of hydrogen-bond donors (Lipinski definition) is 1. The van der Waals surface area contributed by atoms with Gasteiger partial charge in [0.2, 0.25) is 11.8 Å². The maximum Gasteiger partial charge on any atom is 1.00 e. The Morgan fingerprint density at radius 1 is 0.750 bits per heavy atom. The van der Waals surface area contributed by atoms with E-state index in [0.717, 1.165) is 6.26 Å². The predicted octanol–water partition coefficient (Wildman–Crippen LogP) is 10.2. The Morgan fingerprint density at radius 3 is 1.58 bits per heavy atom. The number of nitrogens with zero attached hydrogens (tertiary/aromatic N) is 3. The summed E-state index contributed by atoms with van der Waals surface area (Å²) in [6.45, 7) is 36.8. The van der Waals surface area contributed by atoms with E-state index in [-0.39, 0.29) is 95.0 Å². The van der Waals surface area contributed by atoms with Crippen molar-refractivity contribution in [3.63, 3.8) is 0 Å². The van der Waals surface area contributed by atoms with E-state index >= 15 is 0 Å². The van der Waals surface area contributed by atoms with Gasteiger partial charge in [-0.15, -0.1) is 28.1 Å². The van der Waals surface area contributed by atoms with Gasteiger partial charge in [0.25, 0.3) is 10.1 Å². The van der Waals surface area contributed by atoms with Gasteiger partial charge in [-0.25, -0.2) is 18.4 Å². The number of amides is 4. The van der Waals surface area contributed by atoms with Crippen molar-refractivity contribution in [2.75, 3.05) is 42.7 Å². The van der Waals surface area contributed by atoms with Crippen LogP contribution in [-0.2, 0) is 42.2 Å². The third-order valence-electron chi connectivity index (χ3n) is 12.6. The van der Waals surface area contributed by atoms with Crippen LogP contribution in [0.2, 0.25) is 36.3 Å². The number of halogens is 4. The molecule has 2 fully saturated rings. The number of ether oxygens (including phenoxy) is 2. The Morgan fingerprint density at radius 2 is 1.18 bits per heavy atom. The molecule has 76 heavy (non-hydrogen) atoms. The van der Waals surface area contributed by atoms with E-state index < -0.39 is 55.7 Å². The van der Waals surface area contributed by atoms with E-state index in [1.54, 1.807) is 28.0 Å². The summed E-state index contributed by atoms with van der Waals surface area (Å²) in [5.74, 6) is -1.39. The van der Waals surface area contributed by atoms with Gasteiger partial charge < -0.3 is 28.5 Å². The summed E-state index contributed by atoms with van der Waals surface area (Å²) in [7, 11) is -7.65. The summed E-state index contributed by atoms with van der Waals surface area (Å²) in [5, 5.41) is 2.50. The minimum atomic E-state index is -3.52. The summed E-state index contributed by atoms with van der Waals surface area (Å²) in [6.07, 6.45) is 8.46. The van der Waals surface area contributed by atoms with Crippen LogP contribution in [0.25, 0.3) is 0 Å². The van der Waals surface area contributed by atoms with Crippen LogP contribution in [-0.4, -0.2) is 127 Å². The van der Waals surface area contributed by atoms with Crippen molar-refractivity contribution in [2.24, 2.45) is 0 Å². The van der Waals surface area contributed by atoms with E-state index in [9.17, 15) is 36.4 Å². The Labute approximate surface area is 493 Å². The minimum absolute atomic E-state index is 0. The Balaban J connectivity index is 0.000000627.